The fourth-order valence-electron chi connectivity index (χ4n) is 6.50. The monoisotopic (exact) mass is 290 g/mol. The van der Waals surface area contributed by atoms with Crippen LogP contribution in [-0.2, 0) is 11.8 Å². The SMILES string of the molecule is CC12CC3CC(C)(C1)CC(c1nc(CCN)cs1)(C3)C2. The largest absolute Gasteiger partial charge is 0.330 e. The minimum absolute atomic E-state index is 0.403. The molecule has 1 heterocycles. The minimum Gasteiger partial charge on any atom is -0.330 e. The zero-order chi connectivity index (χ0) is 14.0. The summed E-state index contributed by atoms with van der Waals surface area (Å²) in [5.41, 5.74) is 8.46. The summed E-state index contributed by atoms with van der Waals surface area (Å²) in [6.07, 6.45) is 9.46. The molecule has 110 valence electrons. The van der Waals surface area contributed by atoms with E-state index in [0.29, 0.717) is 22.8 Å². The zero-order valence-corrected chi connectivity index (χ0v) is 13.6. The first-order chi connectivity index (χ1) is 9.44. The maximum absolute atomic E-state index is 5.68. The van der Waals surface area contributed by atoms with Crippen molar-refractivity contribution in [3.63, 3.8) is 0 Å². The van der Waals surface area contributed by atoms with Crippen molar-refractivity contribution in [2.45, 2.75) is 64.2 Å². The fourth-order valence-corrected chi connectivity index (χ4v) is 7.57. The molecule has 0 spiro atoms. The van der Waals surface area contributed by atoms with Crippen molar-refractivity contribution in [2.24, 2.45) is 22.5 Å². The predicted octanol–water partition coefficient (Wildman–Crippen LogP) is 3.89. The third-order valence-electron chi connectivity index (χ3n) is 6.03. The first-order valence-corrected chi connectivity index (χ1v) is 8.97. The van der Waals surface area contributed by atoms with Crippen LogP contribution < -0.4 is 5.73 Å². The van der Waals surface area contributed by atoms with Gasteiger partial charge in [0.15, 0.2) is 0 Å². The van der Waals surface area contributed by atoms with Crippen molar-refractivity contribution in [1.82, 2.24) is 4.98 Å². The highest BCUT2D eigenvalue weighted by molar-refractivity contribution is 7.09. The molecule has 4 fully saturated rings. The van der Waals surface area contributed by atoms with Gasteiger partial charge >= 0.3 is 0 Å². The van der Waals surface area contributed by atoms with Crippen molar-refractivity contribution < 1.29 is 0 Å². The van der Waals surface area contributed by atoms with Gasteiger partial charge in [0.25, 0.3) is 0 Å². The van der Waals surface area contributed by atoms with Gasteiger partial charge in [-0.2, -0.15) is 0 Å². The topological polar surface area (TPSA) is 38.9 Å². The van der Waals surface area contributed by atoms with Gasteiger partial charge in [-0.25, -0.2) is 4.98 Å². The number of aromatic nitrogens is 1. The molecule has 0 aromatic carbocycles. The lowest BCUT2D eigenvalue weighted by atomic mass is 9.40. The van der Waals surface area contributed by atoms with Gasteiger partial charge < -0.3 is 5.73 Å². The van der Waals surface area contributed by atoms with Gasteiger partial charge in [-0.05, 0) is 61.8 Å². The van der Waals surface area contributed by atoms with Crippen molar-refractivity contribution in [2.75, 3.05) is 6.54 Å². The Hall–Kier alpha value is -0.410. The van der Waals surface area contributed by atoms with E-state index in [-0.39, 0.29) is 0 Å². The molecular formula is C17H26N2S. The van der Waals surface area contributed by atoms with E-state index < -0.39 is 0 Å². The first-order valence-electron chi connectivity index (χ1n) is 8.09. The standard InChI is InChI=1S/C17H26N2S/c1-15-5-12-6-16(2,9-15)11-17(7-12,10-15)14-19-13(3-4-18)8-20-14/h8,12H,3-7,9-11,18H2,1-2H3. The Bertz CT molecular complexity index is 517. The molecular weight excluding hydrogens is 264 g/mol. The third kappa shape index (κ3) is 1.89. The molecule has 4 saturated carbocycles. The minimum atomic E-state index is 0.403. The van der Waals surface area contributed by atoms with Crippen LogP contribution in [0.2, 0.25) is 0 Å². The molecule has 0 aliphatic heterocycles. The van der Waals surface area contributed by atoms with E-state index in [9.17, 15) is 0 Å². The molecule has 2 atom stereocenters. The molecule has 4 bridgehead atoms. The Morgan fingerprint density at radius 2 is 1.90 bits per heavy atom. The van der Waals surface area contributed by atoms with E-state index in [1.807, 2.05) is 11.3 Å². The number of hydrogen-bond donors (Lipinski definition) is 1. The molecule has 3 heteroatoms. The zero-order valence-electron chi connectivity index (χ0n) is 12.7. The average molecular weight is 290 g/mol. The van der Waals surface area contributed by atoms with Crippen LogP contribution >= 0.6 is 11.3 Å². The smallest absolute Gasteiger partial charge is 0.0990 e. The molecule has 2 nitrogen and oxygen atoms in total. The van der Waals surface area contributed by atoms with Crippen LogP contribution in [0, 0.1) is 16.7 Å². The van der Waals surface area contributed by atoms with Gasteiger partial charge in [0, 0.05) is 17.2 Å². The highest BCUT2D eigenvalue weighted by Gasteiger charge is 2.61. The number of hydrogen-bond acceptors (Lipinski definition) is 3. The second-order valence-corrected chi connectivity index (χ2v) is 9.45. The lowest BCUT2D eigenvalue weighted by Crippen LogP contribution is -2.56. The predicted molar refractivity (Wildman–Crippen MR) is 84.0 cm³/mol. The summed E-state index contributed by atoms with van der Waals surface area (Å²) in [6.45, 7) is 5.80. The van der Waals surface area contributed by atoms with Gasteiger partial charge in [0.1, 0.15) is 0 Å². The fraction of sp³-hybridized carbons (Fsp3) is 0.824. The molecule has 1 aromatic heterocycles. The second-order valence-electron chi connectivity index (χ2n) is 8.59. The quantitative estimate of drug-likeness (QED) is 0.917. The molecule has 1 aromatic rings. The summed E-state index contributed by atoms with van der Waals surface area (Å²) >= 11 is 1.91. The summed E-state index contributed by atoms with van der Waals surface area (Å²) in [7, 11) is 0. The van der Waals surface area contributed by atoms with E-state index in [0.717, 1.165) is 12.3 Å². The molecule has 20 heavy (non-hydrogen) atoms. The molecule has 4 aliphatic rings. The molecule has 0 saturated heterocycles. The summed E-state index contributed by atoms with van der Waals surface area (Å²) < 4.78 is 0. The summed E-state index contributed by atoms with van der Waals surface area (Å²) in [5, 5.41) is 3.69. The van der Waals surface area contributed by atoms with Crippen molar-refractivity contribution in [1.29, 1.82) is 0 Å². The molecule has 2 unspecified atom stereocenters. The Kier molecular flexibility index (Phi) is 2.70. The summed E-state index contributed by atoms with van der Waals surface area (Å²) in [6, 6.07) is 0. The van der Waals surface area contributed by atoms with Gasteiger partial charge in [0.2, 0.25) is 0 Å². The van der Waals surface area contributed by atoms with E-state index in [4.69, 9.17) is 10.7 Å². The normalized spacial score (nSPS) is 46.0. The summed E-state index contributed by atoms with van der Waals surface area (Å²) in [4.78, 5) is 4.99. The second kappa shape index (κ2) is 4.07. The number of nitrogens with two attached hydrogens (primary N) is 1. The van der Waals surface area contributed by atoms with Crippen molar-refractivity contribution in [3.8, 4) is 0 Å². The van der Waals surface area contributed by atoms with Gasteiger partial charge in [0.05, 0.1) is 10.7 Å². The molecule has 2 N–H and O–H groups in total. The van der Waals surface area contributed by atoms with Gasteiger partial charge in [-0.3, -0.25) is 0 Å². The van der Waals surface area contributed by atoms with E-state index in [1.54, 1.807) is 0 Å². The van der Waals surface area contributed by atoms with Gasteiger partial charge in [-0.15, -0.1) is 11.3 Å². The molecule has 0 radical (unpaired) electrons. The van der Waals surface area contributed by atoms with Crippen molar-refractivity contribution in [3.05, 3.63) is 16.1 Å². The van der Waals surface area contributed by atoms with Crippen LogP contribution in [0.1, 0.15) is 63.1 Å². The van der Waals surface area contributed by atoms with Crippen LogP contribution in [0.25, 0.3) is 0 Å². The van der Waals surface area contributed by atoms with Crippen LogP contribution in [-0.4, -0.2) is 11.5 Å². The number of rotatable bonds is 3. The summed E-state index contributed by atoms with van der Waals surface area (Å²) in [5.74, 6) is 0.947. The van der Waals surface area contributed by atoms with Crippen LogP contribution in [0.3, 0.4) is 0 Å². The molecule has 0 amide bonds. The van der Waals surface area contributed by atoms with E-state index in [1.165, 1.54) is 49.2 Å². The number of nitrogens with zero attached hydrogens (tertiary/aromatic N) is 1. The Balaban J connectivity index is 1.72. The lowest BCUT2D eigenvalue weighted by Gasteiger charge is -2.64. The highest BCUT2D eigenvalue weighted by Crippen LogP contribution is 2.69. The van der Waals surface area contributed by atoms with Crippen molar-refractivity contribution >= 4 is 11.3 Å². The van der Waals surface area contributed by atoms with Crippen LogP contribution in [0.15, 0.2) is 5.38 Å². The third-order valence-corrected chi connectivity index (χ3v) is 7.17. The Morgan fingerprint density at radius 3 is 2.50 bits per heavy atom. The maximum Gasteiger partial charge on any atom is 0.0990 e. The lowest BCUT2D eigenvalue weighted by molar-refractivity contribution is -0.110. The molecule has 4 aliphatic carbocycles. The first kappa shape index (κ1) is 13.3. The Morgan fingerprint density at radius 1 is 1.20 bits per heavy atom. The molecule has 5 rings (SSSR count). The van der Waals surface area contributed by atoms with Crippen LogP contribution in [0.4, 0.5) is 0 Å². The maximum atomic E-state index is 5.68. The van der Waals surface area contributed by atoms with E-state index in [2.05, 4.69) is 19.2 Å². The number of thiazole rings is 1. The Labute approximate surface area is 126 Å². The average Bonchev–Trinajstić information content (AvgIpc) is 2.73. The van der Waals surface area contributed by atoms with Crippen LogP contribution in [0.5, 0.6) is 0 Å². The van der Waals surface area contributed by atoms with E-state index >= 15 is 0 Å². The highest BCUT2D eigenvalue weighted by atomic mass is 32.1. The van der Waals surface area contributed by atoms with Gasteiger partial charge in [-0.1, -0.05) is 13.8 Å².